The molecule has 8 heteroatoms. The molecule has 0 unspecified atom stereocenters. The molecule has 1 aromatic carbocycles. The number of pyridine rings is 1. The van der Waals surface area contributed by atoms with Gasteiger partial charge in [-0.25, -0.2) is 13.4 Å². The van der Waals surface area contributed by atoms with Gasteiger partial charge in [0.2, 0.25) is 0 Å². The first kappa shape index (κ1) is 19.4. The minimum Gasteiger partial charge on any atom is -0.356 e. The molecule has 1 saturated heterocycles. The number of piperidine rings is 1. The lowest BCUT2D eigenvalue weighted by Crippen LogP contribution is -2.35. The second kappa shape index (κ2) is 8.24. The summed E-state index contributed by atoms with van der Waals surface area (Å²) in [6.07, 6.45) is 7.25. The summed E-state index contributed by atoms with van der Waals surface area (Å²) in [4.78, 5) is 6.87. The summed E-state index contributed by atoms with van der Waals surface area (Å²) in [6, 6.07) is 15.0. The number of para-hydroxylation sites is 1. The quantitative estimate of drug-likeness (QED) is 0.622. The molecule has 0 radical (unpaired) electrons. The smallest absolute Gasteiger partial charge is 0.265 e. The average molecular weight is 412 g/mol. The lowest BCUT2D eigenvalue weighted by atomic mass is 10.1. The zero-order valence-electron chi connectivity index (χ0n) is 16.4. The van der Waals surface area contributed by atoms with Crippen molar-refractivity contribution in [3.63, 3.8) is 0 Å². The van der Waals surface area contributed by atoms with Crippen LogP contribution in [0, 0.1) is 0 Å². The van der Waals surface area contributed by atoms with E-state index in [1.807, 2.05) is 48.3 Å². The van der Waals surface area contributed by atoms with E-state index in [0.717, 1.165) is 31.7 Å². The summed E-state index contributed by atoms with van der Waals surface area (Å²) < 4.78 is 29.6. The zero-order valence-corrected chi connectivity index (χ0v) is 17.2. The third-order valence-electron chi connectivity index (χ3n) is 5.33. The molecule has 0 atom stereocenters. The maximum absolute atomic E-state index is 13.1. The number of hydrogen-bond acceptors (Lipinski definition) is 5. The number of benzene rings is 1. The van der Waals surface area contributed by atoms with Crippen molar-refractivity contribution < 1.29 is 8.42 Å². The number of sulfonamides is 1. The van der Waals surface area contributed by atoms with Gasteiger partial charge in [-0.3, -0.25) is 8.99 Å². The highest BCUT2D eigenvalue weighted by Crippen LogP contribution is 2.27. The van der Waals surface area contributed by atoms with Gasteiger partial charge in [0.15, 0.2) is 0 Å². The Kier molecular flexibility index (Phi) is 5.53. The summed E-state index contributed by atoms with van der Waals surface area (Å²) in [7, 11) is -3.65. The molecule has 152 valence electrons. The van der Waals surface area contributed by atoms with E-state index < -0.39 is 10.0 Å². The predicted octanol–water partition coefficient (Wildman–Crippen LogP) is 3.33. The second-order valence-corrected chi connectivity index (χ2v) is 8.92. The fourth-order valence-corrected chi connectivity index (χ4v) is 5.20. The van der Waals surface area contributed by atoms with Gasteiger partial charge in [-0.2, -0.15) is 5.10 Å². The van der Waals surface area contributed by atoms with Gasteiger partial charge in [-0.05, 0) is 50.1 Å². The molecule has 0 amide bonds. The van der Waals surface area contributed by atoms with Crippen LogP contribution in [0.25, 0.3) is 0 Å². The van der Waals surface area contributed by atoms with Crippen LogP contribution in [-0.2, 0) is 10.0 Å². The van der Waals surface area contributed by atoms with E-state index in [1.165, 1.54) is 10.5 Å². The van der Waals surface area contributed by atoms with Crippen molar-refractivity contribution in [2.45, 2.75) is 30.7 Å². The van der Waals surface area contributed by atoms with Gasteiger partial charge in [-0.15, -0.1) is 0 Å². The molecule has 0 saturated carbocycles. The Labute approximate surface area is 171 Å². The number of aromatic nitrogens is 3. The van der Waals surface area contributed by atoms with E-state index >= 15 is 0 Å². The second-order valence-electron chi connectivity index (χ2n) is 7.06. The molecule has 1 aliphatic rings. The molecule has 1 fully saturated rings. The van der Waals surface area contributed by atoms with Crippen LogP contribution in [0.5, 0.6) is 0 Å². The average Bonchev–Trinajstić information content (AvgIpc) is 3.30. The van der Waals surface area contributed by atoms with Gasteiger partial charge >= 0.3 is 0 Å². The standard InChI is InChI=1S/C21H25N5O2S/c1-2-26(19-7-4-3-5-8-19)29(27,28)20-9-10-21(22-17-20)24-15-11-18(12-16-24)25-14-6-13-23-25/h3-10,13-14,17-18H,2,11-12,15-16H2,1H3. The Morgan fingerprint density at radius 2 is 1.83 bits per heavy atom. The van der Waals surface area contributed by atoms with E-state index in [4.69, 9.17) is 0 Å². The maximum atomic E-state index is 13.1. The summed E-state index contributed by atoms with van der Waals surface area (Å²) in [5, 5.41) is 4.34. The molecule has 3 heterocycles. The lowest BCUT2D eigenvalue weighted by Gasteiger charge is -2.33. The number of anilines is 2. The zero-order chi connectivity index (χ0) is 20.3. The van der Waals surface area contributed by atoms with E-state index in [-0.39, 0.29) is 4.90 Å². The lowest BCUT2D eigenvalue weighted by molar-refractivity contribution is 0.366. The Hall–Kier alpha value is -2.87. The minimum absolute atomic E-state index is 0.207. The first-order valence-electron chi connectivity index (χ1n) is 9.87. The number of nitrogens with zero attached hydrogens (tertiary/aromatic N) is 5. The highest BCUT2D eigenvalue weighted by molar-refractivity contribution is 7.92. The molecule has 4 rings (SSSR count). The van der Waals surface area contributed by atoms with Gasteiger partial charge in [0.25, 0.3) is 10.0 Å². The molecule has 3 aromatic rings. The monoisotopic (exact) mass is 411 g/mol. The Balaban J connectivity index is 1.47. The third kappa shape index (κ3) is 3.98. The third-order valence-corrected chi connectivity index (χ3v) is 7.21. The maximum Gasteiger partial charge on any atom is 0.265 e. The van der Waals surface area contributed by atoms with Crippen LogP contribution in [-0.4, -0.2) is 42.8 Å². The highest BCUT2D eigenvalue weighted by Gasteiger charge is 2.25. The first-order valence-corrected chi connectivity index (χ1v) is 11.3. The SMILES string of the molecule is CCN(c1ccccc1)S(=O)(=O)c1ccc(N2CCC(n3cccn3)CC2)nc1. The molecular weight excluding hydrogens is 386 g/mol. The molecule has 1 aliphatic heterocycles. The van der Waals surface area contributed by atoms with Gasteiger partial charge in [0.05, 0.1) is 11.7 Å². The van der Waals surface area contributed by atoms with Gasteiger partial charge in [0, 0.05) is 38.2 Å². The first-order chi connectivity index (χ1) is 14.1. The van der Waals surface area contributed by atoms with Crippen molar-refractivity contribution in [1.29, 1.82) is 0 Å². The fourth-order valence-electron chi connectivity index (χ4n) is 3.78. The van der Waals surface area contributed by atoms with Crippen molar-refractivity contribution >= 4 is 21.5 Å². The molecule has 7 nitrogen and oxygen atoms in total. The summed E-state index contributed by atoms with van der Waals surface area (Å²) in [6.45, 7) is 3.93. The molecule has 0 spiro atoms. The highest BCUT2D eigenvalue weighted by atomic mass is 32.2. The van der Waals surface area contributed by atoms with Crippen LogP contribution in [0.15, 0.2) is 72.0 Å². The van der Waals surface area contributed by atoms with E-state index in [1.54, 1.807) is 24.3 Å². The molecule has 0 N–H and O–H groups in total. The van der Waals surface area contributed by atoms with Crippen molar-refractivity contribution in [1.82, 2.24) is 14.8 Å². The van der Waals surface area contributed by atoms with Gasteiger partial charge in [0.1, 0.15) is 10.7 Å². The van der Waals surface area contributed by atoms with E-state index in [9.17, 15) is 8.42 Å². The van der Waals surface area contributed by atoms with Crippen LogP contribution in [0.1, 0.15) is 25.8 Å². The van der Waals surface area contributed by atoms with Gasteiger partial charge < -0.3 is 4.90 Å². The Morgan fingerprint density at radius 3 is 2.41 bits per heavy atom. The van der Waals surface area contributed by atoms with Crippen LogP contribution < -0.4 is 9.21 Å². The fraction of sp³-hybridized carbons (Fsp3) is 0.333. The summed E-state index contributed by atoms with van der Waals surface area (Å²) >= 11 is 0. The van der Waals surface area contributed by atoms with Gasteiger partial charge in [-0.1, -0.05) is 18.2 Å². The number of hydrogen-bond donors (Lipinski definition) is 0. The van der Waals surface area contributed by atoms with Crippen LogP contribution in [0.3, 0.4) is 0 Å². The molecular formula is C21H25N5O2S. The summed E-state index contributed by atoms with van der Waals surface area (Å²) in [5.74, 6) is 0.811. The van der Waals surface area contributed by atoms with Crippen molar-refractivity contribution in [3.8, 4) is 0 Å². The Bertz CT molecular complexity index is 1010. The van der Waals surface area contributed by atoms with Crippen LogP contribution in [0.4, 0.5) is 11.5 Å². The van der Waals surface area contributed by atoms with Crippen LogP contribution in [0.2, 0.25) is 0 Å². The van der Waals surface area contributed by atoms with Crippen molar-refractivity contribution in [2.75, 3.05) is 28.8 Å². The number of rotatable bonds is 6. The van der Waals surface area contributed by atoms with E-state index in [2.05, 4.69) is 15.0 Å². The normalized spacial score (nSPS) is 15.4. The molecule has 0 aliphatic carbocycles. The molecule has 29 heavy (non-hydrogen) atoms. The van der Waals surface area contributed by atoms with E-state index in [0.29, 0.717) is 18.3 Å². The topological polar surface area (TPSA) is 71.3 Å². The molecule has 2 aromatic heterocycles. The van der Waals surface area contributed by atoms with Crippen LogP contribution >= 0.6 is 0 Å². The van der Waals surface area contributed by atoms with Crippen molar-refractivity contribution in [3.05, 3.63) is 67.1 Å². The predicted molar refractivity (Wildman–Crippen MR) is 114 cm³/mol. The summed E-state index contributed by atoms with van der Waals surface area (Å²) in [5.41, 5.74) is 0.653. The van der Waals surface area contributed by atoms with Crippen molar-refractivity contribution in [2.24, 2.45) is 0 Å². The minimum atomic E-state index is -3.65. The largest absolute Gasteiger partial charge is 0.356 e. The molecule has 0 bridgehead atoms. The Morgan fingerprint density at radius 1 is 1.07 bits per heavy atom.